The number of hydrogen-bond donors (Lipinski definition) is 1. The van der Waals surface area contributed by atoms with Crippen molar-refractivity contribution in [2.45, 2.75) is 26.6 Å². The first kappa shape index (κ1) is 21.5. The lowest BCUT2D eigenvalue weighted by Gasteiger charge is -2.09. The molecular formula is C17H17F3N6O3S. The number of aromatic nitrogens is 5. The molecule has 1 N–H and O–H groups in total. The predicted molar refractivity (Wildman–Crippen MR) is 102 cm³/mol. The van der Waals surface area contributed by atoms with E-state index < -0.39 is 17.8 Å². The van der Waals surface area contributed by atoms with Crippen LogP contribution in [0.3, 0.4) is 0 Å². The second-order valence-electron chi connectivity index (χ2n) is 5.90. The number of halogens is 3. The zero-order valence-corrected chi connectivity index (χ0v) is 17.2. The smallest absolute Gasteiger partial charge is 0.434 e. The average Bonchev–Trinajstić information content (AvgIpc) is 3.29. The van der Waals surface area contributed by atoms with Crippen molar-refractivity contribution in [1.29, 1.82) is 0 Å². The van der Waals surface area contributed by atoms with Crippen molar-refractivity contribution in [2.24, 2.45) is 0 Å². The average molecular weight is 442 g/mol. The number of carbonyl (C=O) groups is 1. The van der Waals surface area contributed by atoms with E-state index in [2.05, 4.69) is 25.4 Å². The Morgan fingerprint density at radius 2 is 1.87 bits per heavy atom. The van der Waals surface area contributed by atoms with Crippen LogP contribution in [0.2, 0.25) is 0 Å². The first-order chi connectivity index (χ1) is 14.2. The summed E-state index contributed by atoms with van der Waals surface area (Å²) in [6.45, 7) is 3.93. The first-order valence-electron chi connectivity index (χ1n) is 8.56. The van der Waals surface area contributed by atoms with Crippen molar-refractivity contribution in [2.75, 3.05) is 19.5 Å². The lowest BCUT2D eigenvalue weighted by molar-refractivity contribution is -0.140. The Morgan fingerprint density at radius 1 is 1.23 bits per heavy atom. The van der Waals surface area contributed by atoms with Gasteiger partial charge in [-0.2, -0.15) is 18.3 Å². The Morgan fingerprint density at radius 3 is 2.37 bits per heavy atom. The summed E-state index contributed by atoms with van der Waals surface area (Å²) in [4.78, 5) is 23.8. The van der Waals surface area contributed by atoms with Gasteiger partial charge in [-0.15, -0.1) is 0 Å². The highest BCUT2D eigenvalue weighted by atomic mass is 32.1. The molecule has 0 bridgehead atoms. The molecule has 13 heteroatoms. The summed E-state index contributed by atoms with van der Waals surface area (Å²) in [5.41, 5.74) is -0.559. The number of nitrogens with zero attached hydrogens (tertiary/aromatic N) is 5. The van der Waals surface area contributed by atoms with E-state index in [0.717, 1.165) is 6.33 Å². The molecule has 0 unspecified atom stereocenters. The third-order valence-corrected chi connectivity index (χ3v) is 5.03. The van der Waals surface area contributed by atoms with Gasteiger partial charge in [0, 0.05) is 18.3 Å². The molecule has 0 atom stereocenters. The van der Waals surface area contributed by atoms with Crippen LogP contribution in [-0.4, -0.2) is 44.9 Å². The van der Waals surface area contributed by atoms with E-state index in [4.69, 9.17) is 9.47 Å². The summed E-state index contributed by atoms with van der Waals surface area (Å²) in [6, 6.07) is 0. The van der Waals surface area contributed by atoms with E-state index >= 15 is 0 Å². The summed E-state index contributed by atoms with van der Waals surface area (Å²) in [6.07, 6.45) is -2.08. The van der Waals surface area contributed by atoms with Crippen LogP contribution in [0.4, 0.5) is 18.3 Å². The van der Waals surface area contributed by atoms with Crippen LogP contribution >= 0.6 is 11.3 Å². The normalized spacial score (nSPS) is 11.4. The van der Waals surface area contributed by atoms with Crippen LogP contribution in [-0.2, 0) is 12.7 Å². The SMILES string of the molecule is CCn1cc(-c2sc(NC(=O)c3c(OC)ncnc3OC)nc2C(F)(F)F)c(C)n1. The Hall–Kier alpha value is -3.22. The number of amides is 1. The molecule has 0 radical (unpaired) electrons. The van der Waals surface area contributed by atoms with Gasteiger partial charge in [0.1, 0.15) is 6.33 Å². The minimum Gasteiger partial charge on any atom is -0.480 e. The number of alkyl halides is 3. The van der Waals surface area contributed by atoms with Gasteiger partial charge in [0.05, 0.1) is 24.8 Å². The number of rotatable bonds is 6. The summed E-state index contributed by atoms with van der Waals surface area (Å²) in [5, 5.41) is 6.28. The molecule has 30 heavy (non-hydrogen) atoms. The minimum atomic E-state index is -4.72. The maximum atomic E-state index is 13.6. The minimum absolute atomic E-state index is 0.0905. The molecule has 3 rings (SSSR count). The highest BCUT2D eigenvalue weighted by Crippen LogP contribution is 2.43. The standard InChI is InChI=1S/C17H17F3N6O3S/c1-5-26-6-9(8(2)25-26)11-12(17(18,19)20)23-16(30-11)24-13(27)10-14(28-3)21-7-22-15(10)29-4/h6-7H,5H2,1-4H3,(H,23,24,27). The molecule has 0 aliphatic heterocycles. The van der Waals surface area contributed by atoms with Gasteiger partial charge in [-0.25, -0.2) is 15.0 Å². The maximum absolute atomic E-state index is 13.6. The van der Waals surface area contributed by atoms with Crippen LogP contribution < -0.4 is 14.8 Å². The van der Waals surface area contributed by atoms with Crippen molar-refractivity contribution in [3.8, 4) is 22.2 Å². The van der Waals surface area contributed by atoms with Crippen molar-refractivity contribution >= 4 is 22.4 Å². The van der Waals surface area contributed by atoms with Crippen molar-refractivity contribution in [3.63, 3.8) is 0 Å². The van der Waals surface area contributed by atoms with Crippen LogP contribution in [0.5, 0.6) is 11.8 Å². The van der Waals surface area contributed by atoms with Gasteiger partial charge >= 0.3 is 6.18 Å². The number of aryl methyl sites for hydroxylation is 2. The van der Waals surface area contributed by atoms with Gasteiger partial charge in [-0.05, 0) is 13.8 Å². The van der Waals surface area contributed by atoms with E-state index in [1.54, 1.807) is 6.92 Å². The summed E-state index contributed by atoms with van der Waals surface area (Å²) in [5.74, 6) is -1.00. The van der Waals surface area contributed by atoms with E-state index in [1.807, 2.05) is 6.92 Å². The molecule has 3 heterocycles. The topological polar surface area (TPSA) is 104 Å². The highest BCUT2D eigenvalue weighted by Gasteiger charge is 2.39. The largest absolute Gasteiger partial charge is 0.480 e. The molecule has 1 amide bonds. The Labute approximate surface area is 172 Å². The van der Waals surface area contributed by atoms with Gasteiger partial charge < -0.3 is 9.47 Å². The number of methoxy groups -OCH3 is 2. The van der Waals surface area contributed by atoms with Crippen LogP contribution in [0, 0.1) is 6.92 Å². The van der Waals surface area contributed by atoms with Gasteiger partial charge in [-0.1, -0.05) is 11.3 Å². The van der Waals surface area contributed by atoms with E-state index in [9.17, 15) is 18.0 Å². The quantitative estimate of drug-likeness (QED) is 0.624. The molecule has 3 aromatic rings. The number of nitrogens with one attached hydrogen (secondary N) is 1. The summed E-state index contributed by atoms with van der Waals surface area (Å²) < 4.78 is 52.4. The fraction of sp³-hybridized carbons (Fsp3) is 0.353. The molecule has 0 saturated carbocycles. The summed E-state index contributed by atoms with van der Waals surface area (Å²) in [7, 11) is 2.58. The van der Waals surface area contributed by atoms with E-state index in [1.165, 1.54) is 25.1 Å². The monoisotopic (exact) mass is 442 g/mol. The molecule has 9 nitrogen and oxygen atoms in total. The van der Waals surface area contributed by atoms with E-state index in [0.29, 0.717) is 29.1 Å². The van der Waals surface area contributed by atoms with Crippen molar-refractivity contribution < 1.29 is 27.4 Å². The Kier molecular flexibility index (Phi) is 5.92. The molecule has 0 fully saturated rings. The molecule has 0 aliphatic carbocycles. The zero-order valence-electron chi connectivity index (χ0n) is 16.4. The van der Waals surface area contributed by atoms with Gasteiger partial charge in [-0.3, -0.25) is 14.8 Å². The van der Waals surface area contributed by atoms with Gasteiger partial charge in [0.15, 0.2) is 16.4 Å². The Balaban J connectivity index is 2.03. The molecule has 160 valence electrons. The molecule has 0 aliphatic rings. The predicted octanol–water partition coefficient (Wildman–Crippen LogP) is 3.41. The second kappa shape index (κ2) is 8.26. The number of hydrogen-bond acceptors (Lipinski definition) is 8. The van der Waals surface area contributed by atoms with Crippen LogP contribution in [0.15, 0.2) is 12.5 Å². The highest BCUT2D eigenvalue weighted by molar-refractivity contribution is 7.19. The van der Waals surface area contributed by atoms with Gasteiger partial charge in [0.2, 0.25) is 11.8 Å². The van der Waals surface area contributed by atoms with Gasteiger partial charge in [0.25, 0.3) is 5.91 Å². The number of anilines is 1. The molecule has 3 aromatic heterocycles. The summed E-state index contributed by atoms with van der Waals surface area (Å²) >= 11 is 0.689. The second-order valence-corrected chi connectivity index (χ2v) is 6.90. The molecule has 0 saturated heterocycles. The zero-order chi connectivity index (χ0) is 22.1. The maximum Gasteiger partial charge on any atom is 0.434 e. The van der Waals surface area contributed by atoms with E-state index in [-0.39, 0.29) is 27.3 Å². The molecule has 0 aromatic carbocycles. The van der Waals surface area contributed by atoms with Crippen molar-refractivity contribution in [3.05, 3.63) is 29.5 Å². The lowest BCUT2D eigenvalue weighted by atomic mass is 10.2. The lowest BCUT2D eigenvalue weighted by Crippen LogP contribution is -2.16. The van der Waals surface area contributed by atoms with Crippen molar-refractivity contribution in [1.82, 2.24) is 24.7 Å². The fourth-order valence-corrected chi connectivity index (χ4v) is 3.71. The van der Waals surface area contributed by atoms with Crippen LogP contribution in [0.1, 0.15) is 28.7 Å². The number of carbonyl (C=O) groups excluding carboxylic acids is 1. The molecule has 0 spiro atoms. The third kappa shape index (κ3) is 4.06. The molecular weight excluding hydrogens is 425 g/mol. The van der Waals surface area contributed by atoms with Crippen LogP contribution in [0.25, 0.3) is 10.4 Å². The Bertz CT molecular complexity index is 1060. The fourth-order valence-electron chi connectivity index (χ4n) is 2.67. The third-order valence-electron chi connectivity index (χ3n) is 4.02. The number of thiazole rings is 1. The number of ether oxygens (including phenoxy) is 2. The first-order valence-corrected chi connectivity index (χ1v) is 9.38.